The van der Waals surface area contributed by atoms with Crippen LogP contribution in [0.3, 0.4) is 0 Å². The quantitative estimate of drug-likeness (QED) is 0.614. The summed E-state index contributed by atoms with van der Waals surface area (Å²) in [5, 5.41) is 26.3. The monoisotopic (exact) mass is 399 g/mol. The summed E-state index contributed by atoms with van der Waals surface area (Å²) in [7, 11) is 0. The van der Waals surface area contributed by atoms with Crippen LogP contribution in [-0.2, 0) is 4.79 Å². The van der Waals surface area contributed by atoms with E-state index in [1.165, 1.54) is 11.9 Å². The second-order valence-electron chi connectivity index (χ2n) is 7.76. The summed E-state index contributed by atoms with van der Waals surface area (Å²) in [5.74, 6) is 2.16. The maximum atomic E-state index is 10.6. The Balaban J connectivity index is 0.000000645. The molecule has 2 aliphatic rings. The van der Waals surface area contributed by atoms with Crippen LogP contribution in [0.25, 0.3) is 5.65 Å². The zero-order valence-corrected chi connectivity index (χ0v) is 16.5. The summed E-state index contributed by atoms with van der Waals surface area (Å²) >= 11 is 0. The highest BCUT2D eigenvalue weighted by molar-refractivity contribution is 5.57. The molecule has 1 aliphatic carbocycles. The van der Waals surface area contributed by atoms with Gasteiger partial charge in [0.05, 0.1) is 18.3 Å². The Hall–Kier alpha value is -3.01. The van der Waals surface area contributed by atoms with Gasteiger partial charge in [0.2, 0.25) is 0 Å². The molecule has 0 spiro atoms. The molecule has 4 heterocycles. The number of hydrogen-bond acceptors (Lipinski definition) is 7. The van der Waals surface area contributed by atoms with Gasteiger partial charge in [-0.1, -0.05) is 0 Å². The van der Waals surface area contributed by atoms with Crippen LogP contribution in [0.5, 0.6) is 0 Å². The molecule has 2 N–H and O–H groups in total. The van der Waals surface area contributed by atoms with Crippen molar-refractivity contribution in [1.82, 2.24) is 29.4 Å². The molecule has 1 saturated carbocycles. The van der Waals surface area contributed by atoms with E-state index in [0.717, 1.165) is 43.1 Å². The maximum Gasteiger partial charge on any atom is 0.290 e. The van der Waals surface area contributed by atoms with Crippen molar-refractivity contribution < 1.29 is 15.0 Å². The number of fused-ring (bicyclic) bond motifs is 2. The molecule has 5 rings (SSSR count). The van der Waals surface area contributed by atoms with Gasteiger partial charge in [-0.05, 0) is 38.5 Å². The van der Waals surface area contributed by atoms with E-state index < -0.39 is 0 Å². The van der Waals surface area contributed by atoms with Gasteiger partial charge in [0.25, 0.3) is 6.47 Å². The molecule has 10 nitrogen and oxygen atoms in total. The van der Waals surface area contributed by atoms with E-state index in [9.17, 15) is 5.11 Å². The predicted molar refractivity (Wildman–Crippen MR) is 105 cm³/mol. The molecule has 29 heavy (non-hydrogen) atoms. The molecule has 0 bridgehead atoms. The minimum Gasteiger partial charge on any atom is -0.483 e. The molecular weight excluding hydrogens is 374 g/mol. The van der Waals surface area contributed by atoms with Gasteiger partial charge < -0.3 is 15.1 Å². The topological polar surface area (TPSA) is 122 Å². The fourth-order valence-corrected chi connectivity index (χ4v) is 4.74. The Morgan fingerprint density at radius 2 is 1.90 bits per heavy atom. The van der Waals surface area contributed by atoms with Crippen molar-refractivity contribution in [3.63, 3.8) is 0 Å². The third kappa shape index (κ3) is 3.44. The van der Waals surface area contributed by atoms with E-state index in [4.69, 9.17) is 9.90 Å². The molecule has 10 heteroatoms. The van der Waals surface area contributed by atoms with Crippen LogP contribution in [0.2, 0.25) is 0 Å². The second kappa shape index (κ2) is 7.78. The minimum absolute atomic E-state index is 0.0173. The predicted octanol–water partition coefficient (Wildman–Crippen LogP) is 1.09. The molecule has 154 valence electrons. The Kier molecular flexibility index (Phi) is 5.18. The van der Waals surface area contributed by atoms with Gasteiger partial charge in [0, 0.05) is 30.4 Å². The Labute approximate surface area is 167 Å². The Morgan fingerprint density at radius 1 is 1.17 bits per heavy atom. The number of aliphatic hydroxyl groups excluding tert-OH is 1. The first-order valence-corrected chi connectivity index (χ1v) is 9.69. The van der Waals surface area contributed by atoms with Crippen LogP contribution in [-0.4, -0.2) is 65.2 Å². The smallest absolute Gasteiger partial charge is 0.290 e. The zero-order valence-electron chi connectivity index (χ0n) is 16.5. The van der Waals surface area contributed by atoms with Crippen molar-refractivity contribution in [2.75, 3.05) is 18.0 Å². The van der Waals surface area contributed by atoms with Gasteiger partial charge >= 0.3 is 0 Å². The summed E-state index contributed by atoms with van der Waals surface area (Å²) in [6.07, 6.45) is 6.41. The number of aryl methyl sites for hydroxylation is 1. The van der Waals surface area contributed by atoms with Gasteiger partial charge in [-0.2, -0.15) is 14.7 Å². The molecule has 0 unspecified atom stereocenters. The molecule has 3 aromatic heterocycles. The molecule has 2 fully saturated rings. The van der Waals surface area contributed by atoms with Crippen LogP contribution in [0.15, 0.2) is 24.9 Å². The van der Waals surface area contributed by atoms with Gasteiger partial charge in [-0.3, -0.25) is 4.79 Å². The summed E-state index contributed by atoms with van der Waals surface area (Å²) in [5.41, 5.74) is 3.11. The number of aromatic nitrogens is 6. The van der Waals surface area contributed by atoms with Crippen LogP contribution in [0.4, 0.5) is 5.82 Å². The van der Waals surface area contributed by atoms with Crippen molar-refractivity contribution in [3.8, 4) is 0 Å². The zero-order chi connectivity index (χ0) is 20.5. The van der Waals surface area contributed by atoms with Crippen molar-refractivity contribution >= 4 is 17.9 Å². The number of hydrogen-bond donors (Lipinski definition) is 2. The number of carbonyl (C=O) groups is 1. The lowest BCUT2D eigenvalue weighted by Gasteiger charge is -2.34. The SMILES string of the molecule is Cc1nc2ccnn2c(N2C[C@H]3C[C@@H](n4cncn4)[C@H](O)C[C@H]3C2)c1C.O=CO. The number of anilines is 1. The van der Waals surface area contributed by atoms with Crippen LogP contribution in [0.1, 0.15) is 30.1 Å². The third-order valence-corrected chi connectivity index (χ3v) is 6.17. The molecule has 1 saturated heterocycles. The molecule has 0 aromatic carbocycles. The molecule has 4 atom stereocenters. The first kappa shape index (κ1) is 19.3. The number of aliphatic hydroxyl groups is 1. The molecular formula is C19H25N7O3. The summed E-state index contributed by atoms with van der Waals surface area (Å²) in [6, 6.07) is 1.97. The number of carboxylic acid groups (broad SMARTS) is 1. The molecule has 1 aliphatic heterocycles. The molecule has 3 aromatic rings. The van der Waals surface area contributed by atoms with Crippen LogP contribution < -0.4 is 4.90 Å². The lowest BCUT2D eigenvalue weighted by molar-refractivity contribution is -0.122. The Morgan fingerprint density at radius 3 is 2.59 bits per heavy atom. The van der Waals surface area contributed by atoms with E-state index in [1.54, 1.807) is 12.5 Å². The summed E-state index contributed by atoms with van der Waals surface area (Å²) < 4.78 is 3.77. The van der Waals surface area contributed by atoms with Gasteiger partial charge in [-0.15, -0.1) is 0 Å². The van der Waals surface area contributed by atoms with Crippen LogP contribution in [0, 0.1) is 25.7 Å². The van der Waals surface area contributed by atoms with Gasteiger partial charge in [0.15, 0.2) is 5.65 Å². The van der Waals surface area contributed by atoms with E-state index in [1.807, 2.05) is 15.3 Å². The van der Waals surface area contributed by atoms with Crippen molar-refractivity contribution in [2.24, 2.45) is 11.8 Å². The highest BCUT2D eigenvalue weighted by atomic mass is 16.3. The first-order valence-electron chi connectivity index (χ1n) is 9.69. The van der Waals surface area contributed by atoms with Crippen molar-refractivity contribution in [1.29, 1.82) is 0 Å². The van der Waals surface area contributed by atoms with E-state index in [0.29, 0.717) is 11.8 Å². The molecule has 0 radical (unpaired) electrons. The van der Waals surface area contributed by atoms with Crippen LogP contribution >= 0.6 is 0 Å². The number of nitrogens with zero attached hydrogens (tertiary/aromatic N) is 7. The summed E-state index contributed by atoms with van der Waals surface area (Å²) in [4.78, 5) is 19.5. The average molecular weight is 399 g/mol. The number of rotatable bonds is 2. The first-order chi connectivity index (χ1) is 14.0. The normalized spacial score (nSPS) is 26.1. The van der Waals surface area contributed by atoms with E-state index in [-0.39, 0.29) is 18.6 Å². The fraction of sp³-hybridized carbons (Fsp3) is 0.526. The lowest BCUT2D eigenvalue weighted by atomic mass is 9.77. The second-order valence-corrected chi connectivity index (χ2v) is 7.76. The van der Waals surface area contributed by atoms with Crippen molar-refractivity contribution in [2.45, 2.75) is 38.8 Å². The highest BCUT2D eigenvalue weighted by Crippen LogP contribution is 2.42. The summed E-state index contributed by atoms with van der Waals surface area (Å²) in [6.45, 7) is 5.85. The Bertz CT molecular complexity index is 987. The highest BCUT2D eigenvalue weighted by Gasteiger charge is 2.43. The average Bonchev–Trinajstić information content (AvgIpc) is 3.42. The maximum absolute atomic E-state index is 10.6. The molecule has 0 amide bonds. The minimum atomic E-state index is -0.372. The van der Waals surface area contributed by atoms with Gasteiger partial charge in [-0.25, -0.2) is 14.6 Å². The van der Waals surface area contributed by atoms with E-state index in [2.05, 4.69) is 38.9 Å². The van der Waals surface area contributed by atoms with Crippen molar-refractivity contribution in [3.05, 3.63) is 36.2 Å². The lowest BCUT2D eigenvalue weighted by Crippen LogP contribution is -2.36. The van der Waals surface area contributed by atoms with Gasteiger partial charge in [0.1, 0.15) is 18.5 Å². The third-order valence-electron chi connectivity index (χ3n) is 6.17. The standard InChI is InChI=1S/C18H23N7O.CH2O2/c1-11-12(2)22-17-3-4-20-25(17)18(11)23-7-13-5-15(24-10-19-9-21-24)16(26)6-14(13)8-23;2-1-3/h3-4,9-10,13-16,26H,5-8H2,1-2H3;1H,(H,2,3)/t13-,14+,15-,16-;/m1./s1. The largest absolute Gasteiger partial charge is 0.483 e. The fourth-order valence-electron chi connectivity index (χ4n) is 4.74. The van der Waals surface area contributed by atoms with E-state index >= 15 is 0 Å².